The Labute approximate surface area is 461 Å². The van der Waals surface area contributed by atoms with E-state index < -0.39 is 119 Å². The SMILES string of the molecule is CC[C@H]1OC(=O)[C@H](C)[C@@H](O[C@H]2C[C@@](C)(OC)[C@@H](OCCN(C)CCCc3cc4c5c(c3)c(=O)c(C(=O)O)cn5C(C)(C)OC4)[C@H](C)O2)[C@H](C)[C@@H](O[C@@H]2O[C@H](C)C[C@H](N(C)C)[C@H]2O)[C@](C)(OC)C[C@@H](C)C(=O)[C@H](C)[C@@H](O)[C@]1(C)O. The molecule has 0 aliphatic carbocycles. The number of aliphatic hydroxyl groups excluding tert-OH is 2. The minimum absolute atomic E-state index is 0.0850. The number of rotatable bonds is 17. The number of ether oxygens (including phenoxy) is 9. The van der Waals surface area contributed by atoms with Gasteiger partial charge in [-0.05, 0) is 127 Å². The number of cyclic esters (lactones) is 1. The van der Waals surface area contributed by atoms with Crippen LogP contribution in [0.4, 0.5) is 0 Å². The summed E-state index contributed by atoms with van der Waals surface area (Å²) in [5.74, 6) is -5.93. The second kappa shape index (κ2) is 25.3. The van der Waals surface area contributed by atoms with E-state index in [1.54, 1.807) is 39.4 Å². The number of hydrogen-bond donors (Lipinski definition) is 4. The number of carboxylic acid groups (broad SMARTS) is 1. The topological polar surface area (TPSA) is 244 Å². The number of nitrogens with zero attached hydrogens (tertiary/aromatic N) is 3. The molecule has 3 fully saturated rings. The number of carbonyl (C=O) groups excluding carboxylic acids is 2. The van der Waals surface area contributed by atoms with Gasteiger partial charge >= 0.3 is 11.9 Å². The predicted octanol–water partition coefficient (Wildman–Crippen LogP) is 5.26. The maximum atomic E-state index is 14.6. The third kappa shape index (κ3) is 13.4. The molecule has 0 spiro atoms. The summed E-state index contributed by atoms with van der Waals surface area (Å²) in [5.41, 5.74) is -3.45. The highest BCUT2D eigenvalue weighted by Gasteiger charge is 2.54. The van der Waals surface area contributed by atoms with Crippen molar-refractivity contribution in [1.82, 2.24) is 14.4 Å². The highest BCUT2D eigenvalue weighted by atomic mass is 16.7. The molecule has 18 atom stereocenters. The Kier molecular flexibility index (Phi) is 20.7. The molecule has 1 aromatic heterocycles. The van der Waals surface area contributed by atoms with Crippen LogP contribution < -0.4 is 5.43 Å². The number of pyridine rings is 1. The molecule has 0 saturated carbocycles. The monoisotopic (exact) mass is 1100 g/mol. The van der Waals surface area contributed by atoms with Crippen molar-refractivity contribution in [2.45, 2.75) is 218 Å². The van der Waals surface area contributed by atoms with Gasteiger partial charge < -0.3 is 77.4 Å². The molecule has 3 saturated heterocycles. The summed E-state index contributed by atoms with van der Waals surface area (Å²) >= 11 is 0. The number of carboxylic acids is 1. The maximum absolute atomic E-state index is 14.6. The van der Waals surface area contributed by atoms with Gasteiger partial charge in [-0.1, -0.05) is 33.8 Å². The summed E-state index contributed by atoms with van der Waals surface area (Å²) in [6.45, 7) is 23.1. The first-order valence-corrected chi connectivity index (χ1v) is 28.0. The number of aliphatic hydroxyl groups is 3. The third-order valence-corrected chi connectivity index (χ3v) is 17.6. The Bertz CT molecular complexity index is 2470. The van der Waals surface area contributed by atoms with Gasteiger partial charge in [-0.15, -0.1) is 0 Å². The predicted molar refractivity (Wildman–Crippen MR) is 290 cm³/mol. The molecule has 2 aromatic rings. The van der Waals surface area contributed by atoms with Crippen LogP contribution in [0, 0.1) is 23.7 Å². The zero-order chi connectivity index (χ0) is 58.1. The lowest BCUT2D eigenvalue weighted by Crippen LogP contribution is -2.61. The van der Waals surface area contributed by atoms with Crippen molar-refractivity contribution in [1.29, 1.82) is 0 Å². The van der Waals surface area contributed by atoms with Gasteiger partial charge in [-0.25, -0.2) is 4.79 Å². The molecule has 20 heteroatoms. The van der Waals surface area contributed by atoms with Crippen LogP contribution in [0.1, 0.15) is 137 Å². The molecule has 0 radical (unpaired) electrons. The number of benzene rings is 1. The van der Waals surface area contributed by atoms with Crippen molar-refractivity contribution in [2.24, 2.45) is 23.7 Å². The van der Waals surface area contributed by atoms with E-state index in [1.807, 2.05) is 86.6 Å². The van der Waals surface area contributed by atoms with Gasteiger partial charge in [0.1, 0.15) is 41.0 Å². The first-order valence-electron chi connectivity index (χ1n) is 28.0. The number of esters is 1. The first kappa shape index (κ1) is 63.7. The Balaban J connectivity index is 1.21. The zero-order valence-corrected chi connectivity index (χ0v) is 49.4. The quantitative estimate of drug-likeness (QED) is 0.148. The van der Waals surface area contributed by atoms with Gasteiger partial charge in [-0.3, -0.25) is 14.4 Å². The number of aryl methyl sites for hydroxylation is 1. The lowest BCUT2D eigenvalue weighted by Gasteiger charge is -2.50. The molecule has 4 aliphatic rings. The maximum Gasteiger partial charge on any atom is 0.341 e. The number of methoxy groups -OCH3 is 2. The van der Waals surface area contributed by atoms with E-state index in [2.05, 4.69) is 4.90 Å². The van der Waals surface area contributed by atoms with Crippen LogP contribution >= 0.6 is 0 Å². The van der Waals surface area contributed by atoms with Crippen molar-refractivity contribution in [3.63, 3.8) is 0 Å². The number of ketones is 1. The summed E-state index contributed by atoms with van der Waals surface area (Å²) in [5, 5.41) is 45.6. The van der Waals surface area contributed by atoms with Gasteiger partial charge in [0.2, 0.25) is 5.43 Å². The molecule has 4 aliphatic heterocycles. The Hall–Kier alpha value is -3.48. The van der Waals surface area contributed by atoms with Crippen molar-refractivity contribution in [2.75, 3.05) is 55.1 Å². The molecular formula is C58H93N3O17. The Morgan fingerprint density at radius 3 is 2.14 bits per heavy atom. The molecule has 1 aromatic carbocycles. The molecule has 0 bridgehead atoms. The highest BCUT2D eigenvalue weighted by molar-refractivity contribution is 5.94. The van der Waals surface area contributed by atoms with Gasteiger partial charge in [0.15, 0.2) is 12.6 Å². The molecule has 0 amide bonds. The molecular weight excluding hydrogens is 1010 g/mol. The van der Waals surface area contributed by atoms with Gasteiger partial charge in [0, 0.05) is 68.1 Å². The fraction of sp³-hybridized carbons (Fsp3) is 0.793. The van der Waals surface area contributed by atoms with E-state index in [0.717, 1.165) is 17.5 Å². The van der Waals surface area contributed by atoms with E-state index in [0.29, 0.717) is 50.0 Å². The highest BCUT2D eigenvalue weighted by Crippen LogP contribution is 2.43. The fourth-order valence-corrected chi connectivity index (χ4v) is 12.7. The van der Waals surface area contributed by atoms with Crippen molar-refractivity contribution in [3.8, 4) is 0 Å². The molecule has 5 heterocycles. The number of hydrogen-bond acceptors (Lipinski definition) is 18. The van der Waals surface area contributed by atoms with Crippen LogP contribution in [0.2, 0.25) is 0 Å². The number of carbonyl (C=O) groups is 3. The van der Waals surface area contributed by atoms with Crippen LogP contribution in [-0.2, 0) is 71.0 Å². The summed E-state index contributed by atoms with van der Waals surface area (Å²) < 4.78 is 60.2. The lowest BCUT2D eigenvalue weighted by molar-refractivity contribution is -0.322. The van der Waals surface area contributed by atoms with Gasteiger partial charge in [-0.2, -0.15) is 0 Å². The molecule has 0 unspecified atom stereocenters. The van der Waals surface area contributed by atoms with E-state index in [1.165, 1.54) is 20.2 Å². The second-order valence-electron chi connectivity index (χ2n) is 24.3. The van der Waals surface area contributed by atoms with Gasteiger partial charge in [0.25, 0.3) is 0 Å². The number of Topliss-reactive ketones (excluding diaryl/α,β-unsaturated/α-hetero) is 1. The molecule has 6 rings (SSSR count). The summed E-state index contributed by atoms with van der Waals surface area (Å²) in [7, 11) is 8.88. The number of aromatic nitrogens is 1. The standard InChI is InChI=1S/C58H93N3O17/c1-18-42-58(12,69)49(65)33(4)45(62)31(2)27-56(10,70-16)50(78-54-47(64)41(59(13)14)24-32(3)74-54)34(5)48(35(6)53(68)76-42)77-43-28-57(11,71-17)51(36(7)75-43)72-23-22-60(15)21-19-20-37-25-38-30-73-55(8,9)61-29-40(52(66)67)46(63)39(26-37)44(38)61/h25-26,29,31-36,41-43,47-51,54,64-65,69H,18-24,27-28,30H2,1-17H3,(H,66,67)/t31-,32-,33+,34+,35-,36+,41+,42-,43+,47-,48+,49-,50-,51+,54+,56-,57-,58-/m1/s1. The smallest absolute Gasteiger partial charge is 0.341 e. The average Bonchev–Trinajstić information content (AvgIpc) is 3.42. The van der Waals surface area contributed by atoms with Crippen LogP contribution in [0.3, 0.4) is 0 Å². The van der Waals surface area contributed by atoms with Crippen molar-refractivity contribution >= 4 is 28.6 Å². The summed E-state index contributed by atoms with van der Waals surface area (Å²) in [4.78, 5) is 58.4. The Morgan fingerprint density at radius 1 is 0.872 bits per heavy atom. The van der Waals surface area contributed by atoms with E-state index in [4.69, 9.17) is 42.6 Å². The number of likely N-dealkylation sites (N-methyl/N-ethyl adjacent to an activating group) is 2. The van der Waals surface area contributed by atoms with E-state index in [-0.39, 0.29) is 42.8 Å². The first-order chi connectivity index (χ1) is 36.4. The van der Waals surface area contributed by atoms with Crippen molar-refractivity contribution < 1.29 is 77.4 Å². The lowest BCUT2D eigenvalue weighted by atomic mass is 9.74. The largest absolute Gasteiger partial charge is 0.477 e. The molecule has 4 N–H and O–H groups in total. The normalized spacial score (nSPS) is 38.1. The van der Waals surface area contributed by atoms with E-state index >= 15 is 0 Å². The van der Waals surface area contributed by atoms with E-state index in [9.17, 15) is 39.6 Å². The zero-order valence-electron chi connectivity index (χ0n) is 49.4. The van der Waals surface area contributed by atoms with Crippen LogP contribution in [0.5, 0.6) is 0 Å². The number of aromatic carboxylic acids is 1. The summed E-state index contributed by atoms with van der Waals surface area (Å²) in [6, 6.07) is 3.53. The Morgan fingerprint density at radius 2 is 1.53 bits per heavy atom. The minimum Gasteiger partial charge on any atom is -0.477 e. The second-order valence-corrected chi connectivity index (χ2v) is 24.3. The van der Waals surface area contributed by atoms with Crippen LogP contribution in [0.25, 0.3) is 10.9 Å². The van der Waals surface area contributed by atoms with Crippen LogP contribution in [0.15, 0.2) is 23.1 Å². The summed E-state index contributed by atoms with van der Waals surface area (Å²) in [6.07, 6.45) is -5.77. The fourth-order valence-electron chi connectivity index (χ4n) is 12.7. The molecule has 20 nitrogen and oxygen atoms in total. The third-order valence-electron chi connectivity index (χ3n) is 17.6. The molecule has 78 heavy (non-hydrogen) atoms. The van der Waals surface area contributed by atoms with Crippen molar-refractivity contribution in [3.05, 3.63) is 45.2 Å². The van der Waals surface area contributed by atoms with Crippen LogP contribution in [-0.4, -0.2) is 192 Å². The van der Waals surface area contributed by atoms with Gasteiger partial charge in [0.05, 0.1) is 66.4 Å². The minimum atomic E-state index is -2.01. The average molecular weight is 1100 g/mol. The molecule has 442 valence electrons.